The second-order valence-electron chi connectivity index (χ2n) is 4.51. The number of aromatic nitrogens is 2. The molecule has 3 aromatic rings. The topological polar surface area (TPSA) is 63.1 Å². The summed E-state index contributed by atoms with van der Waals surface area (Å²) in [7, 11) is 0. The molecule has 1 aromatic carbocycles. The molecular weight excluding hydrogens is 384 g/mol. The minimum atomic E-state index is -0.795. The molecule has 0 spiro atoms. The molecule has 0 aliphatic carbocycles. The zero-order valence-electron chi connectivity index (χ0n) is 11.3. The highest BCUT2D eigenvalue weighted by atomic mass is 79.9. The fourth-order valence-corrected chi connectivity index (χ4v) is 4.22. The van der Waals surface area contributed by atoms with Gasteiger partial charge in [-0.1, -0.05) is 28.1 Å². The van der Waals surface area contributed by atoms with Crippen LogP contribution >= 0.6 is 39.0 Å². The Morgan fingerprint density at radius 2 is 2.05 bits per heavy atom. The molecule has 4 nitrogen and oxygen atoms in total. The van der Waals surface area contributed by atoms with Gasteiger partial charge in [-0.15, -0.1) is 23.1 Å². The van der Waals surface area contributed by atoms with E-state index >= 15 is 0 Å². The SMILES string of the molecule is O=C(O)CCSc1ncnc2scc(-c3ccc(Br)cc3)c12. The number of rotatable bonds is 5. The molecule has 0 bridgehead atoms. The van der Waals surface area contributed by atoms with Gasteiger partial charge < -0.3 is 5.11 Å². The van der Waals surface area contributed by atoms with Crippen LogP contribution in [0.2, 0.25) is 0 Å². The Kier molecular flexibility index (Phi) is 4.75. The number of thioether (sulfide) groups is 1. The third-order valence-electron chi connectivity index (χ3n) is 3.05. The predicted octanol–water partition coefficient (Wildman–Crippen LogP) is 4.69. The molecule has 0 aliphatic heterocycles. The number of fused-ring (bicyclic) bond motifs is 1. The molecule has 2 aromatic heterocycles. The minimum absolute atomic E-state index is 0.119. The van der Waals surface area contributed by atoms with E-state index in [0.717, 1.165) is 30.8 Å². The second-order valence-corrected chi connectivity index (χ2v) is 7.36. The van der Waals surface area contributed by atoms with Gasteiger partial charge in [0.25, 0.3) is 0 Å². The van der Waals surface area contributed by atoms with Crippen LogP contribution < -0.4 is 0 Å². The van der Waals surface area contributed by atoms with Crippen molar-refractivity contribution in [3.05, 3.63) is 40.4 Å². The molecular formula is C15H11BrN2O2S2. The zero-order valence-corrected chi connectivity index (χ0v) is 14.5. The van der Waals surface area contributed by atoms with Crippen LogP contribution in [-0.4, -0.2) is 26.8 Å². The van der Waals surface area contributed by atoms with Gasteiger partial charge in [0.2, 0.25) is 0 Å². The van der Waals surface area contributed by atoms with Crippen molar-refractivity contribution in [3.8, 4) is 11.1 Å². The van der Waals surface area contributed by atoms with Gasteiger partial charge in [0.15, 0.2) is 0 Å². The van der Waals surface area contributed by atoms with E-state index in [9.17, 15) is 4.79 Å². The average Bonchev–Trinajstić information content (AvgIpc) is 2.93. The van der Waals surface area contributed by atoms with Gasteiger partial charge >= 0.3 is 5.97 Å². The first kappa shape index (κ1) is 15.5. The first-order valence-electron chi connectivity index (χ1n) is 6.48. The summed E-state index contributed by atoms with van der Waals surface area (Å²) >= 11 is 6.47. The quantitative estimate of drug-likeness (QED) is 0.502. The summed E-state index contributed by atoms with van der Waals surface area (Å²) in [6.07, 6.45) is 1.65. The van der Waals surface area contributed by atoms with Crippen molar-refractivity contribution in [3.63, 3.8) is 0 Å². The summed E-state index contributed by atoms with van der Waals surface area (Å²) in [5.74, 6) is -0.298. The predicted molar refractivity (Wildman–Crippen MR) is 93.5 cm³/mol. The van der Waals surface area contributed by atoms with E-state index < -0.39 is 5.97 Å². The summed E-state index contributed by atoms with van der Waals surface area (Å²) < 4.78 is 1.03. The van der Waals surface area contributed by atoms with Crippen molar-refractivity contribution in [2.45, 2.75) is 11.4 Å². The van der Waals surface area contributed by atoms with Crippen LogP contribution in [0.25, 0.3) is 21.3 Å². The van der Waals surface area contributed by atoms with E-state index in [1.54, 1.807) is 11.3 Å². The maximum absolute atomic E-state index is 10.7. The van der Waals surface area contributed by atoms with Crippen LogP contribution in [0.4, 0.5) is 0 Å². The molecule has 0 fully saturated rings. The lowest BCUT2D eigenvalue weighted by Gasteiger charge is -2.04. The fourth-order valence-electron chi connectivity index (χ4n) is 2.03. The van der Waals surface area contributed by atoms with E-state index in [-0.39, 0.29) is 6.42 Å². The highest BCUT2D eigenvalue weighted by Crippen LogP contribution is 2.38. The van der Waals surface area contributed by atoms with E-state index in [4.69, 9.17) is 5.11 Å². The molecule has 1 N–H and O–H groups in total. The maximum Gasteiger partial charge on any atom is 0.304 e. The molecule has 112 valence electrons. The normalized spacial score (nSPS) is 11.0. The molecule has 0 saturated heterocycles. The van der Waals surface area contributed by atoms with Gasteiger partial charge in [-0.25, -0.2) is 9.97 Å². The number of hydrogen-bond donors (Lipinski definition) is 1. The average molecular weight is 395 g/mol. The summed E-state index contributed by atoms with van der Waals surface area (Å²) in [5, 5.41) is 12.7. The molecule has 0 aliphatic rings. The van der Waals surface area contributed by atoms with E-state index in [0.29, 0.717) is 5.75 Å². The van der Waals surface area contributed by atoms with Crippen molar-refractivity contribution >= 4 is 55.2 Å². The molecule has 0 saturated carbocycles. The largest absolute Gasteiger partial charge is 0.481 e. The maximum atomic E-state index is 10.7. The van der Waals surface area contributed by atoms with Crippen molar-refractivity contribution in [1.29, 1.82) is 0 Å². The van der Waals surface area contributed by atoms with Gasteiger partial charge in [0.1, 0.15) is 16.2 Å². The number of thiophene rings is 1. The first-order valence-corrected chi connectivity index (χ1v) is 9.13. The van der Waals surface area contributed by atoms with Gasteiger partial charge in [-0.05, 0) is 17.7 Å². The number of nitrogens with zero attached hydrogens (tertiary/aromatic N) is 2. The molecule has 0 radical (unpaired) electrons. The van der Waals surface area contributed by atoms with Gasteiger partial charge in [0, 0.05) is 21.2 Å². The van der Waals surface area contributed by atoms with E-state index in [2.05, 4.69) is 31.3 Å². The van der Waals surface area contributed by atoms with Gasteiger partial charge in [-0.2, -0.15) is 0 Å². The summed E-state index contributed by atoms with van der Waals surface area (Å²) in [5.41, 5.74) is 2.19. The number of halogens is 1. The van der Waals surface area contributed by atoms with Gasteiger partial charge in [-0.3, -0.25) is 4.79 Å². The monoisotopic (exact) mass is 394 g/mol. The van der Waals surface area contributed by atoms with Crippen molar-refractivity contribution in [1.82, 2.24) is 9.97 Å². The Hall–Kier alpha value is -1.44. The van der Waals surface area contributed by atoms with Crippen molar-refractivity contribution < 1.29 is 9.90 Å². The third kappa shape index (κ3) is 3.31. The van der Waals surface area contributed by atoms with Crippen molar-refractivity contribution in [2.75, 3.05) is 5.75 Å². The Morgan fingerprint density at radius 3 is 2.77 bits per heavy atom. The number of carboxylic acids is 1. The number of hydrogen-bond acceptors (Lipinski definition) is 5. The molecule has 22 heavy (non-hydrogen) atoms. The molecule has 0 amide bonds. The number of aliphatic carboxylic acids is 1. The lowest BCUT2D eigenvalue weighted by atomic mass is 10.1. The Labute approximate surface area is 143 Å². The van der Waals surface area contributed by atoms with Crippen molar-refractivity contribution in [2.24, 2.45) is 0 Å². The number of benzene rings is 1. The van der Waals surface area contributed by atoms with Crippen LogP contribution in [0.3, 0.4) is 0 Å². The molecule has 0 unspecified atom stereocenters. The van der Waals surface area contributed by atoms with Crippen LogP contribution in [0, 0.1) is 0 Å². The third-order valence-corrected chi connectivity index (χ3v) is 5.45. The summed E-state index contributed by atoms with van der Waals surface area (Å²) in [6, 6.07) is 8.09. The Morgan fingerprint density at radius 1 is 1.27 bits per heavy atom. The van der Waals surface area contributed by atoms with Gasteiger partial charge in [0.05, 0.1) is 11.8 Å². The summed E-state index contributed by atoms with van der Waals surface area (Å²) in [4.78, 5) is 20.3. The highest BCUT2D eigenvalue weighted by Gasteiger charge is 2.13. The molecule has 7 heteroatoms. The molecule has 3 rings (SSSR count). The fraction of sp³-hybridized carbons (Fsp3) is 0.133. The van der Waals surface area contributed by atoms with Crippen LogP contribution in [0.5, 0.6) is 0 Å². The van der Waals surface area contributed by atoms with Crippen LogP contribution in [-0.2, 0) is 4.79 Å². The lowest BCUT2D eigenvalue weighted by Crippen LogP contribution is -1.96. The highest BCUT2D eigenvalue weighted by molar-refractivity contribution is 9.10. The molecule has 2 heterocycles. The molecule has 0 atom stereocenters. The van der Waals surface area contributed by atoms with E-state index in [1.807, 2.05) is 24.3 Å². The standard InChI is InChI=1S/C15H11BrN2O2S2/c16-10-3-1-9(2-4-10)11-7-22-15-13(11)14(17-8-18-15)21-6-5-12(19)20/h1-4,7-8H,5-6H2,(H,19,20). The van der Waals surface area contributed by atoms with Crippen LogP contribution in [0.1, 0.15) is 6.42 Å². The lowest BCUT2D eigenvalue weighted by molar-refractivity contribution is -0.136. The first-order chi connectivity index (χ1) is 10.6. The number of carboxylic acid groups (broad SMARTS) is 1. The van der Waals surface area contributed by atoms with E-state index in [1.165, 1.54) is 18.1 Å². The number of carbonyl (C=O) groups is 1. The van der Waals surface area contributed by atoms with Crippen LogP contribution in [0.15, 0.2) is 45.5 Å². The Bertz CT molecular complexity index is 818. The second kappa shape index (κ2) is 6.76. The Balaban J connectivity index is 2.00. The minimum Gasteiger partial charge on any atom is -0.481 e. The smallest absolute Gasteiger partial charge is 0.304 e. The summed E-state index contributed by atoms with van der Waals surface area (Å²) in [6.45, 7) is 0. The zero-order chi connectivity index (χ0) is 15.5.